The van der Waals surface area contributed by atoms with Gasteiger partial charge in [-0.2, -0.15) is 5.10 Å². The fourth-order valence-electron chi connectivity index (χ4n) is 2.77. The number of hydrogen-bond donors (Lipinski definition) is 1. The van der Waals surface area contributed by atoms with Crippen LogP contribution in [-0.4, -0.2) is 36.2 Å². The third-order valence-corrected chi connectivity index (χ3v) is 5.00. The molecule has 0 spiro atoms. The number of carbonyl (C=O) groups excluding carboxylic acids is 1. The second-order valence-electron chi connectivity index (χ2n) is 6.22. The fourth-order valence-corrected chi connectivity index (χ4v) is 3.49. The molecule has 29 heavy (non-hydrogen) atoms. The Morgan fingerprint density at radius 3 is 2.62 bits per heavy atom. The second-order valence-corrected chi connectivity index (χ2v) is 7.16. The first-order chi connectivity index (χ1) is 14.1. The van der Waals surface area contributed by atoms with E-state index in [-0.39, 0.29) is 17.5 Å². The highest BCUT2D eigenvalue weighted by molar-refractivity contribution is 7.99. The number of nitrogens with zero attached hydrogens (tertiary/aromatic N) is 5. The lowest BCUT2D eigenvalue weighted by Crippen LogP contribution is -2.17. The summed E-state index contributed by atoms with van der Waals surface area (Å²) >= 11 is 1.28. The van der Waals surface area contributed by atoms with Crippen LogP contribution < -0.4 is 5.32 Å². The Bertz CT molecular complexity index is 1120. The van der Waals surface area contributed by atoms with Gasteiger partial charge in [0.25, 0.3) is 0 Å². The molecule has 4 rings (SSSR count). The monoisotopic (exact) mass is 408 g/mol. The number of aromatic nitrogens is 5. The molecule has 0 unspecified atom stereocenters. The van der Waals surface area contributed by atoms with Crippen molar-refractivity contribution in [3.63, 3.8) is 0 Å². The Balaban J connectivity index is 1.45. The Labute approximate surface area is 170 Å². The zero-order chi connectivity index (χ0) is 20.2. The molecule has 0 fully saturated rings. The lowest BCUT2D eigenvalue weighted by atomic mass is 10.3. The van der Waals surface area contributed by atoms with Crippen LogP contribution >= 0.6 is 11.8 Å². The lowest BCUT2D eigenvalue weighted by Gasteiger charge is -2.09. The summed E-state index contributed by atoms with van der Waals surface area (Å²) in [5.41, 5.74) is 2.32. The van der Waals surface area contributed by atoms with E-state index in [2.05, 4.69) is 20.6 Å². The maximum absolute atomic E-state index is 13.2. The van der Waals surface area contributed by atoms with Crippen molar-refractivity contribution < 1.29 is 9.18 Å². The van der Waals surface area contributed by atoms with Crippen molar-refractivity contribution in [3.05, 3.63) is 78.5 Å². The van der Waals surface area contributed by atoms with Crippen molar-refractivity contribution in [1.29, 1.82) is 0 Å². The van der Waals surface area contributed by atoms with E-state index in [9.17, 15) is 9.18 Å². The van der Waals surface area contributed by atoms with Gasteiger partial charge in [-0.25, -0.2) is 9.07 Å². The van der Waals surface area contributed by atoms with Gasteiger partial charge in [0.1, 0.15) is 18.0 Å². The van der Waals surface area contributed by atoms with Gasteiger partial charge in [0, 0.05) is 11.8 Å². The second kappa shape index (κ2) is 8.27. The molecule has 0 aliphatic heterocycles. The summed E-state index contributed by atoms with van der Waals surface area (Å²) in [7, 11) is 0. The predicted octanol–water partition coefficient (Wildman–Crippen LogP) is 3.63. The van der Waals surface area contributed by atoms with Crippen LogP contribution in [0.25, 0.3) is 11.4 Å². The van der Waals surface area contributed by atoms with E-state index in [1.54, 1.807) is 29.2 Å². The van der Waals surface area contributed by atoms with Crippen molar-refractivity contribution in [2.45, 2.75) is 12.1 Å². The number of nitrogens with one attached hydrogen (secondary N) is 1. The number of para-hydroxylation sites is 1. The van der Waals surface area contributed by atoms with E-state index in [0.29, 0.717) is 16.7 Å². The fraction of sp³-hybridized carbons (Fsp3) is 0.100. The first-order valence-corrected chi connectivity index (χ1v) is 9.79. The average molecular weight is 408 g/mol. The van der Waals surface area contributed by atoms with Gasteiger partial charge in [0.2, 0.25) is 5.91 Å². The van der Waals surface area contributed by atoms with Crippen molar-refractivity contribution in [3.8, 4) is 11.4 Å². The molecule has 146 valence electrons. The van der Waals surface area contributed by atoms with Gasteiger partial charge in [-0.3, -0.25) is 9.36 Å². The number of aryl methyl sites for hydroxylation is 1. The molecule has 0 saturated carbocycles. The number of halogens is 1. The van der Waals surface area contributed by atoms with E-state index in [1.165, 1.54) is 23.9 Å². The molecule has 9 heteroatoms. The average Bonchev–Trinajstić information content (AvgIpc) is 3.34. The maximum atomic E-state index is 13.2. The molecule has 1 amide bonds. The van der Waals surface area contributed by atoms with Crippen LogP contribution in [0.2, 0.25) is 0 Å². The first kappa shape index (κ1) is 18.9. The smallest absolute Gasteiger partial charge is 0.236 e. The zero-order valence-electron chi connectivity index (χ0n) is 15.5. The summed E-state index contributed by atoms with van der Waals surface area (Å²) in [5, 5.41) is 15.9. The number of thioether (sulfide) groups is 1. The molecule has 0 saturated heterocycles. The summed E-state index contributed by atoms with van der Waals surface area (Å²) in [6, 6.07) is 17.3. The summed E-state index contributed by atoms with van der Waals surface area (Å²) < 4.78 is 16.6. The van der Waals surface area contributed by atoms with Gasteiger partial charge in [-0.15, -0.1) is 10.2 Å². The van der Waals surface area contributed by atoms with Gasteiger partial charge in [-0.1, -0.05) is 30.0 Å². The number of amides is 1. The standard InChI is InChI=1S/C20H17FN6OS/c1-14-11-18(27(25-14)17-9-7-15(21)8-10-17)23-19(28)12-29-20-24-22-13-26(20)16-5-3-2-4-6-16/h2-11,13H,12H2,1H3,(H,23,28). The molecular formula is C20H17FN6OS. The number of hydrogen-bond acceptors (Lipinski definition) is 5. The topological polar surface area (TPSA) is 77.6 Å². The molecule has 4 aromatic rings. The van der Waals surface area contributed by atoms with Crippen LogP contribution in [-0.2, 0) is 4.79 Å². The van der Waals surface area contributed by atoms with Crippen LogP contribution in [0.5, 0.6) is 0 Å². The van der Waals surface area contributed by atoms with E-state index >= 15 is 0 Å². The Morgan fingerprint density at radius 2 is 1.86 bits per heavy atom. The number of anilines is 1. The highest BCUT2D eigenvalue weighted by Crippen LogP contribution is 2.21. The van der Waals surface area contributed by atoms with E-state index in [4.69, 9.17) is 0 Å². The Morgan fingerprint density at radius 1 is 1.10 bits per heavy atom. The number of rotatable bonds is 6. The summed E-state index contributed by atoms with van der Waals surface area (Å²) in [4.78, 5) is 12.5. The van der Waals surface area contributed by atoms with Crippen LogP contribution in [0, 0.1) is 12.7 Å². The highest BCUT2D eigenvalue weighted by atomic mass is 32.2. The Kier molecular flexibility index (Phi) is 5.39. The molecule has 0 aliphatic rings. The molecule has 0 bridgehead atoms. The van der Waals surface area contributed by atoms with Gasteiger partial charge in [-0.05, 0) is 43.3 Å². The van der Waals surface area contributed by atoms with Gasteiger partial charge in [0.05, 0.1) is 17.1 Å². The quantitative estimate of drug-likeness (QED) is 0.493. The minimum absolute atomic E-state index is 0.152. The number of benzene rings is 2. The summed E-state index contributed by atoms with van der Waals surface area (Å²) in [5.74, 6) is 0.131. The molecule has 0 atom stereocenters. The van der Waals surface area contributed by atoms with Gasteiger partial charge in [0.15, 0.2) is 5.16 Å². The van der Waals surface area contributed by atoms with Crippen LogP contribution in [0.4, 0.5) is 10.2 Å². The van der Waals surface area contributed by atoms with Crippen LogP contribution in [0.1, 0.15) is 5.69 Å². The third-order valence-electron chi connectivity index (χ3n) is 4.05. The van der Waals surface area contributed by atoms with Crippen molar-refractivity contribution in [2.75, 3.05) is 11.1 Å². The first-order valence-electron chi connectivity index (χ1n) is 8.81. The molecule has 2 aromatic carbocycles. The molecule has 2 heterocycles. The minimum atomic E-state index is -0.331. The predicted molar refractivity (Wildman–Crippen MR) is 109 cm³/mol. The third kappa shape index (κ3) is 4.35. The van der Waals surface area contributed by atoms with Crippen LogP contribution in [0.3, 0.4) is 0 Å². The molecule has 7 nitrogen and oxygen atoms in total. The van der Waals surface area contributed by atoms with E-state index < -0.39 is 0 Å². The summed E-state index contributed by atoms with van der Waals surface area (Å²) in [6.45, 7) is 1.83. The molecule has 2 aromatic heterocycles. The van der Waals surface area contributed by atoms with E-state index in [0.717, 1.165) is 11.4 Å². The van der Waals surface area contributed by atoms with Crippen molar-refractivity contribution >= 4 is 23.5 Å². The Hall–Kier alpha value is -3.46. The molecule has 0 radical (unpaired) electrons. The summed E-state index contributed by atoms with van der Waals surface area (Å²) in [6.07, 6.45) is 1.61. The molecular weight excluding hydrogens is 391 g/mol. The normalized spacial score (nSPS) is 10.8. The van der Waals surface area contributed by atoms with Gasteiger partial charge < -0.3 is 5.32 Å². The minimum Gasteiger partial charge on any atom is -0.310 e. The van der Waals surface area contributed by atoms with Gasteiger partial charge >= 0.3 is 0 Å². The molecule has 0 aliphatic carbocycles. The zero-order valence-corrected chi connectivity index (χ0v) is 16.3. The lowest BCUT2D eigenvalue weighted by molar-refractivity contribution is -0.113. The maximum Gasteiger partial charge on any atom is 0.236 e. The van der Waals surface area contributed by atoms with Crippen LogP contribution in [0.15, 0.2) is 72.1 Å². The van der Waals surface area contributed by atoms with E-state index in [1.807, 2.05) is 41.8 Å². The van der Waals surface area contributed by atoms with Crippen molar-refractivity contribution in [2.24, 2.45) is 0 Å². The van der Waals surface area contributed by atoms with Crippen molar-refractivity contribution in [1.82, 2.24) is 24.5 Å². The molecule has 1 N–H and O–H groups in total. The SMILES string of the molecule is Cc1cc(NC(=O)CSc2nncn2-c2ccccc2)n(-c2ccc(F)cc2)n1. The number of carbonyl (C=O) groups is 1. The highest BCUT2D eigenvalue weighted by Gasteiger charge is 2.14. The largest absolute Gasteiger partial charge is 0.310 e.